The lowest BCUT2D eigenvalue weighted by molar-refractivity contribution is -0.385. The zero-order valence-corrected chi connectivity index (χ0v) is 9.48. The number of rotatable bonds is 2. The topological polar surface area (TPSA) is 61.6 Å². The SMILES string of the molecule is C[C@@H](Br)c1cc2c(cc1[N+](=O)[O-])OCO2. The molecule has 1 atom stereocenters. The lowest BCUT2D eigenvalue weighted by Gasteiger charge is -2.06. The Morgan fingerprint density at radius 1 is 1.47 bits per heavy atom. The van der Waals surface area contributed by atoms with Crippen molar-refractivity contribution in [2.24, 2.45) is 0 Å². The van der Waals surface area contributed by atoms with E-state index in [9.17, 15) is 10.1 Å². The molecule has 15 heavy (non-hydrogen) atoms. The molecule has 0 fully saturated rings. The second kappa shape index (κ2) is 3.69. The number of alkyl halides is 1. The van der Waals surface area contributed by atoms with E-state index in [0.717, 1.165) is 0 Å². The van der Waals surface area contributed by atoms with Crippen LogP contribution in [0.5, 0.6) is 11.5 Å². The molecule has 2 rings (SSSR count). The molecule has 5 nitrogen and oxygen atoms in total. The Hall–Kier alpha value is -1.30. The molecular formula is C9H8BrNO4. The van der Waals surface area contributed by atoms with E-state index in [-0.39, 0.29) is 17.3 Å². The second-order valence-electron chi connectivity index (χ2n) is 3.14. The number of hydrogen-bond acceptors (Lipinski definition) is 4. The Morgan fingerprint density at radius 2 is 2.07 bits per heavy atom. The monoisotopic (exact) mass is 273 g/mol. The van der Waals surface area contributed by atoms with E-state index in [1.165, 1.54) is 6.07 Å². The van der Waals surface area contributed by atoms with Gasteiger partial charge in [-0.15, -0.1) is 0 Å². The molecular weight excluding hydrogens is 266 g/mol. The lowest BCUT2D eigenvalue weighted by atomic mass is 10.1. The third kappa shape index (κ3) is 1.77. The molecule has 0 N–H and O–H groups in total. The van der Waals surface area contributed by atoms with Crippen LogP contribution in [-0.4, -0.2) is 11.7 Å². The van der Waals surface area contributed by atoms with Crippen LogP contribution >= 0.6 is 15.9 Å². The van der Waals surface area contributed by atoms with Crippen LogP contribution in [0.2, 0.25) is 0 Å². The van der Waals surface area contributed by atoms with Gasteiger partial charge in [0.1, 0.15) is 0 Å². The maximum Gasteiger partial charge on any atom is 0.277 e. The second-order valence-corrected chi connectivity index (χ2v) is 4.51. The summed E-state index contributed by atoms with van der Waals surface area (Å²) in [5, 5.41) is 10.8. The molecule has 0 aliphatic carbocycles. The highest BCUT2D eigenvalue weighted by Gasteiger charge is 2.24. The Labute approximate surface area is 94.3 Å². The molecule has 1 heterocycles. The highest BCUT2D eigenvalue weighted by Crippen LogP contribution is 2.41. The fourth-order valence-electron chi connectivity index (χ4n) is 1.42. The predicted molar refractivity (Wildman–Crippen MR) is 56.6 cm³/mol. The van der Waals surface area contributed by atoms with Crippen LogP contribution in [-0.2, 0) is 0 Å². The molecule has 0 spiro atoms. The smallest absolute Gasteiger partial charge is 0.277 e. The van der Waals surface area contributed by atoms with Crippen molar-refractivity contribution < 1.29 is 14.4 Å². The van der Waals surface area contributed by atoms with Gasteiger partial charge in [0.05, 0.1) is 11.0 Å². The zero-order valence-electron chi connectivity index (χ0n) is 7.90. The molecule has 6 heteroatoms. The predicted octanol–water partition coefficient (Wildman–Crippen LogP) is 2.78. The highest BCUT2D eigenvalue weighted by atomic mass is 79.9. The fraction of sp³-hybridized carbons (Fsp3) is 0.333. The van der Waals surface area contributed by atoms with Crippen LogP contribution in [0.3, 0.4) is 0 Å². The van der Waals surface area contributed by atoms with Crippen LogP contribution in [0.1, 0.15) is 17.3 Å². The maximum absolute atomic E-state index is 10.8. The summed E-state index contributed by atoms with van der Waals surface area (Å²) in [5.74, 6) is 0.987. The number of ether oxygens (including phenoxy) is 2. The summed E-state index contributed by atoms with van der Waals surface area (Å²) >= 11 is 3.31. The number of nitro benzene ring substituents is 1. The minimum atomic E-state index is -0.422. The molecule has 0 aromatic heterocycles. The van der Waals surface area contributed by atoms with Gasteiger partial charge < -0.3 is 9.47 Å². The number of benzene rings is 1. The number of nitrogens with zero attached hydrogens (tertiary/aromatic N) is 1. The van der Waals surface area contributed by atoms with Crippen LogP contribution < -0.4 is 9.47 Å². The molecule has 0 saturated carbocycles. The number of halogens is 1. The Bertz CT molecular complexity index is 419. The number of nitro groups is 1. The summed E-state index contributed by atoms with van der Waals surface area (Å²) in [6.07, 6.45) is 0. The van der Waals surface area contributed by atoms with Crippen LogP contribution in [0.4, 0.5) is 5.69 Å². The van der Waals surface area contributed by atoms with Gasteiger partial charge in [-0.3, -0.25) is 10.1 Å². The first-order valence-electron chi connectivity index (χ1n) is 4.31. The summed E-state index contributed by atoms with van der Waals surface area (Å²) in [7, 11) is 0. The Morgan fingerprint density at radius 3 is 2.60 bits per heavy atom. The van der Waals surface area contributed by atoms with Crippen LogP contribution in [0, 0.1) is 10.1 Å². The van der Waals surface area contributed by atoms with Crippen molar-refractivity contribution >= 4 is 21.6 Å². The van der Waals surface area contributed by atoms with Gasteiger partial charge in [-0.1, -0.05) is 15.9 Å². The molecule has 80 valence electrons. The third-order valence-electron chi connectivity index (χ3n) is 2.15. The first-order chi connectivity index (χ1) is 7.09. The minimum Gasteiger partial charge on any atom is -0.454 e. The van der Waals surface area contributed by atoms with Gasteiger partial charge in [0.25, 0.3) is 5.69 Å². The van der Waals surface area contributed by atoms with Gasteiger partial charge in [0.15, 0.2) is 11.5 Å². The van der Waals surface area contributed by atoms with Gasteiger partial charge in [-0.05, 0) is 13.0 Å². The molecule has 1 aromatic carbocycles. The van der Waals surface area contributed by atoms with Gasteiger partial charge in [-0.2, -0.15) is 0 Å². The summed E-state index contributed by atoms with van der Waals surface area (Å²) < 4.78 is 10.2. The first-order valence-corrected chi connectivity index (χ1v) is 5.23. The van der Waals surface area contributed by atoms with Crippen molar-refractivity contribution in [3.05, 3.63) is 27.8 Å². The van der Waals surface area contributed by atoms with E-state index >= 15 is 0 Å². The van der Waals surface area contributed by atoms with Gasteiger partial charge in [0, 0.05) is 10.4 Å². The van der Waals surface area contributed by atoms with Crippen molar-refractivity contribution in [1.29, 1.82) is 0 Å². The Balaban J connectivity index is 2.57. The minimum absolute atomic E-state index is 0.0450. The van der Waals surface area contributed by atoms with E-state index < -0.39 is 4.92 Å². The van der Waals surface area contributed by atoms with Crippen molar-refractivity contribution in [2.75, 3.05) is 6.79 Å². The first kappa shape index (κ1) is 10.2. The molecule has 1 aliphatic rings. The average Bonchev–Trinajstić information content (AvgIpc) is 2.61. The maximum atomic E-state index is 10.8. The highest BCUT2D eigenvalue weighted by molar-refractivity contribution is 9.09. The van der Waals surface area contributed by atoms with E-state index in [1.54, 1.807) is 6.07 Å². The molecule has 0 bridgehead atoms. The standard InChI is InChI=1S/C9H8BrNO4/c1-5(10)6-2-8-9(15-4-14-8)3-7(6)11(12)13/h2-3,5H,4H2,1H3/t5-/m1/s1. The van der Waals surface area contributed by atoms with E-state index in [4.69, 9.17) is 9.47 Å². The van der Waals surface area contributed by atoms with E-state index in [0.29, 0.717) is 17.1 Å². The van der Waals surface area contributed by atoms with Crippen molar-refractivity contribution in [2.45, 2.75) is 11.8 Å². The van der Waals surface area contributed by atoms with E-state index in [2.05, 4.69) is 15.9 Å². The summed E-state index contributed by atoms with van der Waals surface area (Å²) in [6.45, 7) is 1.94. The van der Waals surface area contributed by atoms with Gasteiger partial charge >= 0.3 is 0 Å². The zero-order chi connectivity index (χ0) is 11.0. The summed E-state index contributed by atoms with van der Waals surface area (Å²) in [4.78, 5) is 10.3. The van der Waals surface area contributed by atoms with Crippen molar-refractivity contribution in [3.8, 4) is 11.5 Å². The third-order valence-corrected chi connectivity index (χ3v) is 2.64. The molecule has 0 unspecified atom stereocenters. The molecule has 0 radical (unpaired) electrons. The summed E-state index contributed by atoms with van der Waals surface area (Å²) in [5.41, 5.74) is 0.632. The van der Waals surface area contributed by atoms with E-state index in [1.807, 2.05) is 6.92 Å². The number of hydrogen-bond donors (Lipinski definition) is 0. The Kier molecular flexibility index (Phi) is 2.52. The summed E-state index contributed by atoms with van der Waals surface area (Å²) in [6, 6.07) is 3.04. The molecule has 1 aliphatic heterocycles. The lowest BCUT2D eigenvalue weighted by Crippen LogP contribution is -1.95. The molecule has 1 aromatic rings. The van der Waals surface area contributed by atoms with Gasteiger partial charge in [-0.25, -0.2) is 0 Å². The van der Waals surface area contributed by atoms with Gasteiger partial charge in [0.2, 0.25) is 6.79 Å². The van der Waals surface area contributed by atoms with Crippen LogP contribution in [0.15, 0.2) is 12.1 Å². The molecule has 0 amide bonds. The normalized spacial score (nSPS) is 15.1. The quantitative estimate of drug-likeness (QED) is 0.472. The largest absolute Gasteiger partial charge is 0.454 e. The van der Waals surface area contributed by atoms with Crippen molar-refractivity contribution in [3.63, 3.8) is 0 Å². The average molecular weight is 274 g/mol. The molecule has 0 saturated heterocycles. The number of fused-ring (bicyclic) bond motifs is 1. The van der Waals surface area contributed by atoms with Crippen LogP contribution in [0.25, 0.3) is 0 Å². The fourth-order valence-corrected chi connectivity index (χ4v) is 1.79. The van der Waals surface area contributed by atoms with Crippen molar-refractivity contribution in [1.82, 2.24) is 0 Å².